The van der Waals surface area contributed by atoms with Gasteiger partial charge in [-0.25, -0.2) is 4.79 Å². The molecule has 0 bridgehead atoms. The average molecular weight is 260 g/mol. The molecule has 0 aromatic carbocycles. The molecule has 1 aromatic heterocycles. The molecular formula is C9H13N3O6. The highest BCUT2D eigenvalue weighted by molar-refractivity contribution is 4.92. The lowest BCUT2D eigenvalue weighted by Crippen LogP contribution is -2.37. The van der Waals surface area contributed by atoms with Crippen molar-refractivity contribution >= 4 is 0 Å². The molecule has 1 aromatic rings. The minimum Gasteiger partial charge on any atom is -0.409 e. The Morgan fingerprint density at radius 3 is 2.83 bits per heavy atom. The van der Waals surface area contributed by atoms with Gasteiger partial charge in [-0.15, -0.1) is 0 Å². The van der Waals surface area contributed by atoms with Crippen LogP contribution in [0.2, 0.25) is 0 Å². The van der Waals surface area contributed by atoms with E-state index in [1.54, 1.807) is 0 Å². The number of nitrogens with one attached hydrogen (secondary N) is 1. The second-order valence-electron chi connectivity index (χ2n) is 3.79. The molecule has 0 unspecified atom stereocenters. The molecule has 100 valence electrons. The quantitative estimate of drug-likeness (QED) is 0.285. The van der Waals surface area contributed by atoms with Crippen LogP contribution < -0.4 is 11.2 Å². The van der Waals surface area contributed by atoms with Crippen molar-refractivity contribution in [3.05, 3.63) is 28.2 Å². The van der Waals surface area contributed by atoms with Crippen LogP contribution >= 0.6 is 0 Å². The van der Waals surface area contributed by atoms with E-state index in [0.717, 1.165) is 10.8 Å². The molecule has 2 rings (SSSR count). The summed E-state index contributed by atoms with van der Waals surface area (Å²) >= 11 is 0. The Kier molecular flexibility index (Phi) is 3.11. The Bertz CT molecular complexity index is 584. The summed E-state index contributed by atoms with van der Waals surface area (Å²) in [6.07, 6.45) is -4.05. The lowest BCUT2D eigenvalue weighted by molar-refractivity contribution is -0.0550. The zero-order valence-electron chi connectivity index (χ0n) is 10.1. The maximum Gasteiger partial charge on any atom is 0.329 e. The van der Waals surface area contributed by atoms with E-state index >= 15 is 0 Å². The van der Waals surface area contributed by atoms with Crippen molar-refractivity contribution in [2.75, 3.05) is 6.61 Å². The highest BCUT2D eigenvalue weighted by Gasteiger charge is 2.43. The third-order valence-electron chi connectivity index (χ3n) is 2.69. The zero-order chi connectivity index (χ0) is 14.2. The lowest BCUT2D eigenvalue weighted by atomic mass is 10.1. The van der Waals surface area contributed by atoms with E-state index in [4.69, 9.17) is 16.4 Å². The first-order chi connectivity index (χ1) is 8.99. The average Bonchev–Trinajstić information content (AvgIpc) is 2.68. The number of hydrogen-bond donors (Lipinski definition) is 5. The summed E-state index contributed by atoms with van der Waals surface area (Å²) in [5, 5.41) is 39.6. The number of H-pyrrole nitrogens is 1. The van der Waals surface area contributed by atoms with Gasteiger partial charge in [-0.1, -0.05) is 5.16 Å². The number of aromatic amines is 1. The summed E-state index contributed by atoms with van der Waals surface area (Å²) in [6, 6.07) is -0.306. The molecule has 0 aliphatic carbocycles. The molecule has 5 N–H and O–H groups in total. The van der Waals surface area contributed by atoms with Gasteiger partial charge in [0.05, 0.1) is 7.98 Å². The van der Waals surface area contributed by atoms with E-state index in [1.807, 2.05) is 0 Å². The Morgan fingerprint density at radius 2 is 2.28 bits per heavy atom. The van der Waals surface area contributed by atoms with Crippen LogP contribution in [0.15, 0.2) is 22.2 Å². The fraction of sp³-hybridized carbons (Fsp3) is 0.556. The number of aromatic nitrogens is 2. The Morgan fingerprint density at radius 1 is 1.56 bits per heavy atom. The van der Waals surface area contributed by atoms with Crippen LogP contribution in [0.4, 0.5) is 0 Å². The second-order valence-corrected chi connectivity index (χ2v) is 3.79. The van der Waals surface area contributed by atoms with Crippen molar-refractivity contribution in [2.45, 2.75) is 24.5 Å². The van der Waals surface area contributed by atoms with E-state index in [-0.39, 0.29) is 11.5 Å². The standard InChI is InChI=1S/C9H13N3O6/c13-3-4-6(14)7(15)8(18-4)12-2-1-5(11-17)10-9(12)16/h1-2,4,6-8,13-15,17H,3H2,(H,10,11,16)/t4-,6-,7-,8-/m1/s1/i1D. The van der Waals surface area contributed by atoms with Gasteiger partial charge in [-0.05, 0) is 0 Å². The molecule has 0 amide bonds. The van der Waals surface area contributed by atoms with E-state index in [9.17, 15) is 15.0 Å². The summed E-state index contributed by atoms with van der Waals surface area (Å²) in [5.74, 6) is 0. The molecule has 0 spiro atoms. The van der Waals surface area contributed by atoms with Gasteiger partial charge in [0.2, 0.25) is 0 Å². The molecule has 0 radical (unpaired) electrons. The fourth-order valence-electron chi connectivity index (χ4n) is 1.74. The van der Waals surface area contributed by atoms with Gasteiger partial charge < -0.3 is 25.3 Å². The second kappa shape index (κ2) is 4.90. The van der Waals surface area contributed by atoms with Crippen molar-refractivity contribution < 1.29 is 26.6 Å². The Balaban J connectivity index is 2.44. The van der Waals surface area contributed by atoms with Gasteiger partial charge in [0.25, 0.3) is 0 Å². The summed E-state index contributed by atoms with van der Waals surface area (Å²) in [4.78, 5) is 13.8. The zero-order valence-corrected chi connectivity index (χ0v) is 9.09. The molecule has 18 heavy (non-hydrogen) atoms. The number of ether oxygens (including phenoxy) is 1. The highest BCUT2D eigenvalue weighted by Crippen LogP contribution is 2.27. The molecule has 4 atom stereocenters. The maximum atomic E-state index is 11.7. The van der Waals surface area contributed by atoms with E-state index in [2.05, 4.69) is 10.1 Å². The molecule has 9 nitrogen and oxygen atoms in total. The number of aliphatic hydroxyl groups is 3. The van der Waals surface area contributed by atoms with Crippen molar-refractivity contribution in [1.82, 2.24) is 9.55 Å². The number of hydrogen-bond acceptors (Lipinski definition) is 7. The van der Waals surface area contributed by atoms with Crippen LogP contribution in [0, 0.1) is 0 Å². The predicted octanol–water partition coefficient (Wildman–Crippen LogP) is -2.92. The normalized spacial score (nSPS) is 33.7. The third-order valence-corrected chi connectivity index (χ3v) is 2.69. The Hall–Kier alpha value is -1.68. The predicted molar refractivity (Wildman–Crippen MR) is 55.4 cm³/mol. The molecule has 1 saturated heterocycles. The first-order valence-corrected chi connectivity index (χ1v) is 5.12. The van der Waals surface area contributed by atoms with E-state index in [1.165, 1.54) is 0 Å². The first-order valence-electron chi connectivity index (χ1n) is 5.62. The third kappa shape index (κ3) is 2.04. The molecule has 0 saturated carbocycles. The van der Waals surface area contributed by atoms with Crippen LogP contribution in [0.5, 0.6) is 0 Å². The SMILES string of the molecule is [2H]c1cn([C@@H]2O[C@H](CO)[C@@H](O)[C@H]2O)c(=O)[nH]c1=NO. The van der Waals surface area contributed by atoms with E-state index in [0.29, 0.717) is 0 Å². The molecular weight excluding hydrogens is 246 g/mol. The summed E-state index contributed by atoms with van der Waals surface area (Å²) in [5.41, 5.74) is -1.13. The smallest absolute Gasteiger partial charge is 0.329 e. The summed E-state index contributed by atoms with van der Waals surface area (Å²) in [7, 11) is 0. The first kappa shape index (κ1) is 11.4. The lowest BCUT2D eigenvalue weighted by Gasteiger charge is -2.16. The molecule has 9 heteroatoms. The highest BCUT2D eigenvalue weighted by atomic mass is 16.6. The number of nitrogens with zero attached hydrogens (tertiary/aromatic N) is 2. The van der Waals surface area contributed by atoms with Crippen molar-refractivity contribution in [3.63, 3.8) is 0 Å². The van der Waals surface area contributed by atoms with Crippen LogP contribution in [0.3, 0.4) is 0 Å². The van der Waals surface area contributed by atoms with Crippen LogP contribution in [-0.2, 0) is 4.74 Å². The molecule has 1 aliphatic heterocycles. The summed E-state index contributed by atoms with van der Waals surface area (Å²) in [6.45, 7) is -0.523. The monoisotopic (exact) mass is 260 g/mol. The van der Waals surface area contributed by atoms with Crippen molar-refractivity contribution in [2.24, 2.45) is 5.16 Å². The van der Waals surface area contributed by atoms with Crippen LogP contribution in [0.25, 0.3) is 0 Å². The molecule has 1 aliphatic rings. The number of aliphatic hydroxyl groups excluding tert-OH is 3. The van der Waals surface area contributed by atoms with E-state index < -0.39 is 36.8 Å². The van der Waals surface area contributed by atoms with Crippen molar-refractivity contribution in [3.8, 4) is 0 Å². The summed E-state index contributed by atoms with van der Waals surface area (Å²) < 4.78 is 13.5. The largest absolute Gasteiger partial charge is 0.409 e. The molecule has 1 fully saturated rings. The molecule has 2 heterocycles. The minimum atomic E-state index is -1.43. The minimum absolute atomic E-state index is 0.306. The van der Waals surface area contributed by atoms with Gasteiger partial charge >= 0.3 is 5.69 Å². The van der Waals surface area contributed by atoms with Gasteiger partial charge in [0.1, 0.15) is 18.3 Å². The van der Waals surface area contributed by atoms with Crippen molar-refractivity contribution in [1.29, 1.82) is 0 Å². The van der Waals surface area contributed by atoms with Gasteiger partial charge in [0.15, 0.2) is 11.7 Å². The van der Waals surface area contributed by atoms with Gasteiger partial charge in [-0.3, -0.25) is 9.55 Å². The topological polar surface area (TPSA) is 140 Å². The van der Waals surface area contributed by atoms with Crippen LogP contribution in [-0.4, -0.2) is 55.0 Å². The fourth-order valence-corrected chi connectivity index (χ4v) is 1.74. The Labute approximate surface area is 102 Å². The van der Waals surface area contributed by atoms with Gasteiger partial charge in [-0.2, -0.15) is 0 Å². The maximum absolute atomic E-state index is 11.7. The van der Waals surface area contributed by atoms with Gasteiger partial charge in [0, 0.05) is 12.2 Å². The van der Waals surface area contributed by atoms with Crippen LogP contribution in [0.1, 0.15) is 7.60 Å². The number of rotatable bonds is 2.